The van der Waals surface area contributed by atoms with Gasteiger partial charge in [-0.25, -0.2) is 0 Å². The molecule has 0 saturated heterocycles. The SMILES string of the molecule is NC(=O)COCCNC(=O)c1ccc(C(N)=S)cc1. The van der Waals surface area contributed by atoms with Crippen molar-refractivity contribution in [3.05, 3.63) is 35.4 Å². The maximum atomic E-state index is 11.7. The third kappa shape index (κ3) is 5.45. The fourth-order valence-corrected chi connectivity index (χ4v) is 1.43. The van der Waals surface area contributed by atoms with Gasteiger partial charge < -0.3 is 21.5 Å². The summed E-state index contributed by atoms with van der Waals surface area (Å²) in [6.07, 6.45) is 0. The lowest BCUT2D eigenvalue weighted by Gasteiger charge is -2.06. The molecule has 2 amide bonds. The lowest BCUT2D eigenvalue weighted by molar-refractivity contribution is -0.122. The molecule has 0 bridgehead atoms. The number of benzene rings is 1. The van der Waals surface area contributed by atoms with Crippen molar-refractivity contribution in [2.75, 3.05) is 19.8 Å². The Hall–Kier alpha value is -1.99. The highest BCUT2D eigenvalue weighted by Crippen LogP contribution is 2.04. The first-order valence-corrected chi connectivity index (χ1v) is 5.95. The second-order valence-corrected chi connectivity index (χ2v) is 4.16. The number of thiocarbonyl (C=S) groups is 1. The Morgan fingerprint density at radius 3 is 2.26 bits per heavy atom. The highest BCUT2D eigenvalue weighted by atomic mass is 32.1. The van der Waals surface area contributed by atoms with Crippen LogP contribution in [0.15, 0.2) is 24.3 Å². The Labute approximate surface area is 116 Å². The van der Waals surface area contributed by atoms with Crippen LogP contribution in [0.4, 0.5) is 0 Å². The molecule has 1 rings (SSSR count). The molecule has 0 aromatic heterocycles. The summed E-state index contributed by atoms with van der Waals surface area (Å²) in [4.78, 5) is 22.4. The van der Waals surface area contributed by atoms with Crippen molar-refractivity contribution in [1.29, 1.82) is 0 Å². The average Bonchev–Trinajstić information content (AvgIpc) is 2.37. The van der Waals surface area contributed by atoms with Crippen LogP contribution in [0, 0.1) is 0 Å². The summed E-state index contributed by atoms with van der Waals surface area (Å²) in [5.74, 6) is -0.781. The molecule has 102 valence electrons. The normalized spacial score (nSPS) is 9.89. The zero-order valence-corrected chi connectivity index (χ0v) is 11.0. The number of rotatable bonds is 7. The van der Waals surface area contributed by atoms with Crippen LogP contribution >= 0.6 is 12.2 Å². The Morgan fingerprint density at radius 2 is 1.74 bits per heavy atom. The molecule has 0 atom stereocenters. The van der Waals surface area contributed by atoms with E-state index >= 15 is 0 Å². The zero-order valence-electron chi connectivity index (χ0n) is 10.2. The number of nitrogens with one attached hydrogen (secondary N) is 1. The molecule has 1 aromatic carbocycles. The molecule has 0 fully saturated rings. The number of nitrogens with two attached hydrogens (primary N) is 2. The van der Waals surface area contributed by atoms with E-state index in [1.807, 2.05) is 0 Å². The van der Waals surface area contributed by atoms with Crippen LogP contribution in [0.3, 0.4) is 0 Å². The molecule has 0 aliphatic heterocycles. The number of hydrogen-bond acceptors (Lipinski definition) is 4. The molecule has 19 heavy (non-hydrogen) atoms. The molecular weight excluding hydrogens is 266 g/mol. The van der Waals surface area contributed by atoms with Gasteiger partial charge >= 0.3 is 0 Å². The number of carbonyl (C=O) groups excluding carboxylic acids is 2. The van der Waals surface area contributed by atoms with Gasteiger partial charge in [-0.2, -0.15) is 0 Å². The topological polar surface area (TPSA) is 107 Å². The van der Waals surface area contributed by atoms with Crippen LogP contribution < -0.4 is 16.8 Å². The van der Waals surface area contributed by atoms with Gasteiger partial charge in [0.15, 0.2) is 0 Å². The zero-order chi connectivity index (χ0) is 14.3. The highest BCUT2D eigenvalue weighted by Gasteiger charge is 2.05. The van der Waals surface area contributed by atoms with E-state index < -0.39 is 5.91 Å². The first-order valence-electron chi connectivity index (χ1n) is 5.55. The third-order valence-corrected chi connectivity index (χ3v) is 2.44. The summed E-state index contributed by atoms with van der Waals surface area (Å²) < 4.78 is 4.91. The number of primary amides is 1. The van der Waals surface area contributed by atoms with Crippen LogP contribution in [-0.2, 0) is 9.53 Å². The van der Waals surface area contributed by atoms with Crippen LogP contribution in [0.5, 0.6) is 0 Å². The quantitative estimate of drug-likeness (QED) is 0.463. The molecule has 0 saturated carbocycles. The number of amides is 2. The molecule has 0 heterocycles. The average molecular weight is 281 g/mol. The van der Waals surface area contributed by atoms with Crippen molar-refractivity contribution in [2.24, 2.45) is 11.5 Å². The molecule has 0 unspecified atom stereocenters. The molecule has 0 aliphatic carbocycles. The van der Waals surface area contributed by atoms with Gasteiger partial charge in [0.05, 0.1) is 6.61 Å². The predicted molar refractivity (Wildman–Crippen MR) is 74.7 cm³/mol. The number of hydrogen-bond donors (Lipinski definition) is 3. The lowest BCUT2D eigenvalue weighted by atomic mass is 10.1. The van der Waals surface area contributed by atoms with E-state index in [1.54, 1.807) is 24.3 Å². The molecule has 0 spiro atoms. The second-order valence-electron chi connectivity index (χ2n) is 3.72. The minimum Gasteiger partial charge on any atom is -0.389 e. The summed E-state index contributed by atoms with van der Waals surface area (Å²) in [6.45, 7) is 0.362. The molecular formula is C12H15N3O3S. The first-order chi connectivity index (χ1) is 9.00. The predicted octanol–water partition coefficient (Wildman–Crippen LogP) is -0.447. The summed E-state index contributed by atoms with van der Waals surface area (Å²) >= 11 is 4.81. The molecule has 5 N–H and O–H groups in total. The van der Waals surface area contributed by atoms with E-state index in [4.69, 9.17) is 28.4 Å². The Kier molecular flexibility index (Phi) is 5.91. The van der Waals surface area contributed by atoms with Crippen LogP contribution in [0.2, 0.25) is 0 Å². The van der Waals surface area contributed by atoms with Gasteiger partial charge in [0, 0.05) is 17.7 Å². The fraction of sp³-hybridized carbons (Fsp3) is 0.250. The molecule has 0 aliphatic rings. The smallest absolute Gasteiger partial charge is 0.251 e. The van der Waals surface area contributed by atoms with E-state index in [9.17, 15) is 9.59 Å². The number of carbonyl (C=O) groups is 2. The molecule has 7 heteroatoms. The number of ether oxygens (including phenoxy) is 1. The fourth-order valence-electron chi connectivity index (χ4n) is 1.30. The first kappa shape index (κ1) is 15.1. The standard InChI is InChI=1S/C12H15N3O3S/c13-10(16)7-18-6-5-15-12(17)9-3-1-8(2-4-9)11(14)19/h1-4H,5-7H2,(H2,13,16)(H2,14,19)(H,15,17). The molecule has 6 nitrogen and oxygen atoms in total. The Balaban J connectivity index is 2.37. The van der Waals surface area contributed by atoms with Crippen molar-refractivity contribution in [3.63, 3.8) is 0 Å². The largest absolute Gasteiger partial charge is 0.389 e. The van der Waals surface area contributed by atoms with Crippen LogP contribution in [-0.4, -0.2) is 36.6 Å². The van der Waals surface area contributed by atoms with Gasteiger partial charge in [0.1, 0.15) is 11.6 Å². The van der Waals surface area contributed by atoms with E-state index in [0.717, 1.165) is 0 Å². The van der Waals surface area contributed by atoms with Crippen LogP contribution in [0.25, 0.3) is 0 Å². The molecule has 1 aromatic rings. The minimum atomic E-state index is -0.542. The molecule has 0 radical (unpaired) electrons. The highest BCUT2D eigenvalue weighted by molar-refractivity contribution is 7.80. The van der Waals surface area contributed by atoms with Crippen molar-refractivity contribution in [1.82, 2.24) is 5.32 Å². The summed E-state index contributed by atoms with van der Waals surface area (Å²) in [5, 5.41) is 2.64. The van der Waals surface area contributed by atoms with Gasteiger partial charge in [-0.05, 0) is 12.1 Å². The van der Waals surface area contributed by atoms with Gasteiger partial charge in [0.25, 0.3) is 5.91 Å². The third-order valence-electron chi connectivity index (χ3n) is 2.21. The van der Waals surface area contributed by atoms with Crippen molar-refractivity contribution >= 4 is 29.0 Å². The van der Waals surface area contributed by atoms with Crippen LogP contribution in [0.1, 0.15) is 15.9 Å². The summed E-state index contributed by atoms with van der Waals surface area (Å²) in [7, 11) is 0. The second kappa shape index (κ2) is 7.45. The lowest BCUT2D eigenvalue weighted by Crippen LogP contribution is -2.28. The van der Waals surface area contributed by atoms with E-state index in [1.165, 1.54) is 0 Å². The van der Waals surface area contributed by atoms with Crippen molar-refractivity contribution in [2.45, 2.75) is 0 Å². The summed E-state index contributed by atoms with van der Waals surface area (Å²) in [5.41, 5.74) is 11.5. The minimum absolute atomic E-state index is 0.154. The van der Waals surface area contributed by atoms with Crippen molar-refractivity contribution in [3.8, 4) is 0 Å². The van der Waals surface area contributed by atoms with Gasteiger partial charge in [-0.1, -0.05) is 24.4 Å². The van der Waals surface area contributed by atoms with Gasteiger partial charge in [-0.3, -0.25) is 9.59 Å². The van der Waals surface area contributed by atoms with Gasteiger partial charge in [0.2, 0.25) is 5.91 Å². The van der Waals surface area contributed by atoms with Gasteiger partial charge in [-0.15, -0.1) is 0 Å². The Morgan fingerprint density at radius 1 is 1.16 bits per heavy atom. The van der Waals surface area contributed by atoms with E-state index in [0.29, 0.717) is 17.7 Å². The Bertz CT molecular complexity index is 474. The maximum Gasteiger partial charge on any atom is 0.251 e. The van der Waals surface area contributed by atoms with E-state index in [2.05, 4.69) is 5.32 Å². The summed E-state index contributed by atoms with van der Waals surface area (Å²) in [6, 6.07) is 6.63. The maximum absolute atomic E-state index is 11.7. The van der Waals surface area contributed by atoms with Crippen molar-refractivity contribution < 1.29 is 14.3 Å². The monoisotopic (exact) mass is 281 g/mol. The van der Waals surface area contributed by atoms with E-state index in [-0.39, 0.29) is 24.1 Å².